The number of anilines is 2. The van der Waals surface area contributed by atoms with E-state index in [0.29, 0.717) is 6.54 Å². The molecule has 2 aromatic rings. The number of aryl methyl sites for hydroxylation is 1. The number of nitrogens with two attached hydrogens (primary N) is 1. The van der Waals surface area contributed by atoms with Gasteiger partial charge in [0.25, 0.3) is 0 Å². The molecule has 0 spiro atoms. The van der Waals surface area contributed by atoms with Crippen LogP contribution in [0.2, 0.25) is 0 Å². The lowest BCUT2D eigenvalue weighted by Crippen LogP contribution is -2.23. The van der Waals surface area contributed by atoms with E-state index in [4.69, 9.17) is 5.73 Å². The van der Waals surface area contributed by atoms with Crippen LogP contribution in [-0.2, 0) is 0 Å². The molecule has 0 aliphatic rings. The van der Waals surface area contributed by atoms with Crippen molar-refractivity contribution < 1.29 is 0 Å². The van der Waals surface area contributed by atoms with Gasteiger partial charge in [0.15, 0.2) is 0 Å². The minimum Gasteiger partial charge on any atom is -0.330 e. The van der Waals surface area contributed by atoms with Crippen LogP contribution in [0.4, 0.5) is 11.5 Å². The fourth-order valence-corrected chi connectivity index (χ4v) is 2.50. The average molecular weight is 368 g/mol. The van der Waals surface area contributed by atoms with E-state index >= 15 is 0 Å². The van der Waals surface area contributed by atoms with Crippen LogP contribution in [0.3, 0.4) is 0 Å². The first-order valence-corrected chi connectivity index (χ1v) is 7.30. The Hall–Kier alpha value is -1.21. The first-order chi connectivity index (χ1) is 9.22. The molecule has 0 radical (unpaired) electrons. The molecule has 0 atom stereocenters. The summed E-state index contributed by atoms with van der Waals surface area (Å²) in [5, 5.41) is 0. The van der Waals surface area contributed by atoms with Gasteiger partial charge < -0.3 is 10.6 Å². The highest BCUT2D eigenvalue weighted by Crippen LogP contribution is 2.27. The molecule has 19 heavy (non-hydrogen) atoms. The first kappa shape index (κ1) is 14.2. The molecule has 100 valence electrons. The van der Waals surface area contributed by atoms with Crippen molar-refractivity contribution >= 4 is 34.1 Å². The summed E-state index contributed by atoms with van der Waals surface area (Å²) in [6, 6.07) is 8.42. The zero-order chi connectivity index (χ0) is 13.7. The van der Waals surface area contributed by atoms with Gasteiger partial charge in [-0.2, -0.15) is 0 Å². The number of rotatable bonds is 5. The van der Waals surface area contributed by atoms with E-state index < -0.39 is 0 Å². The molecule has 2 rings (SSSR count). The van der Waals surface area contributed by atoms with Gasteiger partial charge in [0.2, 0.25) is 0 Å². The number of nitrogens with zero attached hydrogens (tertiary/aromatic N) is 3. The molecule has 1 aromatic heterocycles. The molecule has 4 nitrogen and oxygen atoms in total. The van der Waals surface area contributed by atoms with Crippen molar-refractivity contribution in [3.63, 3.8) is 0 Å². The highest BCUT2D eigenvalue weighted by atomic mass is 127. The van der Waals surface area contributed by atoms with E-state index in [9.17, 15) is 0 Å². The van der Waals surface area contributed by atoms with Gasteiger partial charge in [0.1, 0.15) is 12.1 Å². The fourth-order valence-electron chi connectivity index (χ4n) is 1.91. The van der Waals surface area contributed by atoms with Crippen molar-refractivity contribution in [2.45, 2.75) is 13.3 Å². The number of benzene rings is 1. The summed E-state index contributed by atoms with van der Waals surface area (Å²) in [6.07, 6.45) is 4.34. The standard InChI is InChI=1S/C14H17IN4/c1-11-4-2-5-12(8-11)19(7-3-6-16)14-13(15)9-17-10-18-14/h2,4-5,8-10H,3,6-7,16H2,1H3. The van der Waals surface area contributed by atoms with Gasteiger partial charge in [0, 0.05) is 18.4 Å². The predicted octanol–water partition coefficient (Wildman–Crippen LogP) is 2.88. The van der Waals surface area contributed by atoms with Crippen molar-refractivity contribution in [2.24, 2.45) is 5.73 Å². The average Bonchev–Trinajstić information content (AvgIpc) is 2.41. The van der Waals surface area contributed by atoms with Crippen molar-refractivity contribution in [3.05, 3.63) is 45.9 Å². The van der Waals surface area contributed by atoms with E-state index in [1.54, 1.807) is 6.33 Å². The molecule has 5 heteroatoms. The van der Waals surface area contributed by atoms with Crippen LogP contribution in [0.25, 0.3) is 0 Å². The second kappa shape index (κ2) is 6.81. The zero-order valence-electron chi connectivity index (χ0n) is 10.9. The van der Waals surface area contributed by atoms with Gasteiger partial charge in [-0.05, 0) is 60.2 Å². The maximum atomic E-state index is 5.64. The second-order valence-corrected chi connectivity index (χ2v) is 5.49. The summed E-state index contributed by atoms with van der Waals surface area (Å²) in [6.45, 7) is 3.62. The van der Waals surface area contributed by atoms with Gasteiger partial charge in [0.05, 0.1) is 3.57 Å². The molecular weight excluding hydrogens is 351 g/mol. The van der Waals surface area contributed by atoms with E-state index in [1.165, 1.54) is 5.56 Å². The van der Waals surface area contributed by atoms with Crippen LogP contribution >= 0.6 is 22.6 Å². The van der Waals surface area contributed by atoms with Gasteiger partial charge >= 0.3 is 0 Å². The lowest BCUT2D eigenvalue weighted by molar-refractivity contribution is 0.806. The smallest absolute Gasteiger partial charge is 0.149 e. The lowest BCUT2D eigenvalue weighted by Gasteiger charge is -2.24. The zero-order valence-corrected chi connectivity index (χ0v) is 13.0. The van der Waals surface area contributed by atoms with Crippen molar-refractivity contribution in [1.29, 1.82) is 0 Å². The Morgan fingerprint density at radius 3 is 2.89 bits per heavy atom. The van der Waals surface area contributed by atoms with Crippen LogP contribution in [0, 0.1) is 10.5 Å². The Balaban J connectivity index is 2.38. The van der Waals surface area contributed by atoms with E-state index in [-0.39, 0.29) is 0 Å². The maximum absolute atomic E-state index is 5.64. The van der Waals surface area contributed by atoms with Crippen molar-refractivity contribution in [2.75, 3.05) is 18.0 Å². The summed E-state index contributed by atoms with van der Waals surface area (Å²) in [4.78, 5) is 10.7. The van der Waals surface area contributed by atoms with Crippen LogP contribution in [0.1, 0.15) is 12.0 Å². The molecule has 1 aromatic carbocycles. The first-order valence-electron chi connectivity index (χ1n) is 6.22. The van der Waals surface area contributed by atoms with Crippen molar-refractivity contribution in [1.82, 2.24) is 9.97 Å². The molecule has 1 heterocycles. The summed E-state index contributed by atoms with van der Waals surface area (Å²) >= 11 is 2.26. The van der Waals surface area contributed by atoms with Crippen LogP contribution < -0.4 is 10.6 Å². The van der Waals surface area contributed by atoms with Gasteiger partial charge in [-0.3, -0.25) is 0 Å². The molecule has 0 unspecified atom stereocenters. The molecule has 0 bridgehead atoms. The maximum Gasteiger partial charge on any atom is 0.149 e. The van der Waals surface area contributed by atoms with Gasteiger partial charge in [-0.25, -0.2) is 9.97 Å². The third kappa shape index (κ3) is 3.63. The van der Waals surface area contributed by atoms with Crippen LogP contribution in [0.5, 0.6) is 0 Å². The highest BCUT2D eigenvalue weighted by Gasteiger charge is 2.13. The summed E-state index contributed by atoms with van der Waals surface area (Å²) in [7, 11) is 0. The Kier molecular flexibility index (Phi) is 5.09. The monoisotopic (exact) mass is 368 g/mol. The number of aromatic nitrogens is 2. The molecule has 0 fully saturated rings. The van der Waals surface area contributed by atoms with E-state index in [0.717, 1.165) is 28.0 Å². The SMILES string of the molecule is Cc1cccc(N(CCCN)c2ncncc2I)c1. The molecule has 2 N–H and O–H groups in total. The minimum atomic E-state index is 0.671. The predicted molar refractivity (Wildman–Crippen MR) is 86.6 cm³/mol. The van der Waals surface area contributed by atoms with E-state index in [1.807, 2.05) is 6.20 Å². The highest BCUT2D eigenvalue weighted by molar-refractivity contribution is 14.1. The van der Waals surface area contributed by atoms with Gasteiger partial charge in [-0.1, -0.05) is 12.1 Å². The molecule has 0 aliphatic carbocycles. The Morgan fingerprint density at radius 2 is 2.21 bits per heavy atom. The lowest BCUT2D eigenvalue weighted by atomic mass is 10.2. The number of halogens is 1. The Morgan fingerprint density at radius 1 is 1.37 bits per heavy atom. The molecular formula is C14H17IN4. The molecule has 0 aliphatic heterocycles. The molecule has 0 amide bonds. The van der Waals surface area contributed by atoms with Crippen LogP contribution in [-0.4, -0.2) is 23.1 Å². The fraction of sp³-hybridized carbons (Fsp3) is 0.286. The normalized spacial score (nSPS) is 10.5. The van der Waals surface area contributed by atoms with Crippen molar-refractivity contribution in [3.8, 4) is 0 Å². The summed E-state index contributed by atoms with van der Waals surface area (Å²) < 4.78 is 1.04. The second-order valence-electron chi connectivity index (χ2n) is 4.33. The number of hydrogen-bond donors (Lipinski definition) is 1. The molecule has 0 saturated carbocycles. The third-order valence-corrected chi connectivity index (χ3v) is 3.56. The van der Waals surface area contributed by atoms with Gasteiger partial charge in [-0.15, -0.1) is 0 Å². The Bertz CT molecular complexity index is 544. The molecule has 0 saturated heterocycles. The largest absolute Gasteiger partial charge is 0.330 e. The topological polar surface area (TPSA) is 55.0 Å². The quantitative estimate of drug-likeness (QED) is 0.825. The number of hydrogen-bond acceptors (Lipinski definition) is 4. The van der Waals surface area contributed by atoms with Crippen LogP contribution in [0.15, 0.2) is 36.8 Å². The third-order valence-electron chi connectivity index (χ3n) is 2.80. The summed E-state index contributed by atoms with van der Waals surface area (Å²) in [5.41, 5.74) is 8.02. The Labute approximate surface area is 127 Å². The minimum absolute atomic E-state index is 0.671. The van der Waals surface area contributed by atoms with E-state index in [2.05, 4.69) is 68.6 Å². The summed E-state index contributed by atoms with van der Waals surface area (Å²) in [5.74, 6) is 0.939.